The Labute approximate surface area is 201 Å². The molecule has 2 aromatic carbocycles. The predicted molar refractivity (Wildman–Crippen MR) is 127 cm³/mol. The van der Waals surface area contributed by atoms with Gasteiger partial charge in [-0.3, -0.25) is 10.1 Å². The average molecular weight is 507 g/mol. The van der Waals surface area contributed by atoms with E-state index < -0.39 is 27.7 Å². The number of benzene rings is 2. The van der Waals surface area contributed by atoms with E-state index >= 15 is 0 Å². The molecule has 1 amide bonds. The number of hydrogen-bond acceptors (Lipinski definition) is 4. The molecular formula is C24H25F3N4O3S. The van der Waals surface area contributed by atoms with Gasteiger partial charge in [-0.1, -0.05) is 31.2 Å². The van der Waals surface area contributed by atoms with Gasteiger partial charge in [-0.05, 0) is 49.6 Å². The lowest BCUT2D eigenvalue weighted by atomic mass is 10.1. The van der Waals surface area contributed by atoms with Crippen molar-refractivity contribution in [3.8, 4) is 0 Å². The minimum absolute atomic E-state index is 0.152. The van der Waals surface area contributed by atoms with Gasteiger partial charge in [0.25, 0.3) is 5.91 Å². The van der Waals surface area contributed by atoms with Gasteiger partial charge in [0.15, 0.2) is 0 Å². The molecule has 0 radical (unpaired) electrons. The third kappa shape index (κ3) is 5.10. The number of aryl methyl sites for hydroxylation is 1. The molecule has 1 fully saturated rings. The number of imidazole rings is 1. The first kappa shape index (κ1) is 24.9. The Morgan fingerprint density at radius 1 is 1.20 bits per heavy atom. The van der Waals surface area contributed by atoms with Gasteiger partial charge in [-0.25, -0.2) is 13.4 Å². The number of rotatable bonds is 5. The lowest BCUT2D eigenvalue weighted by Gasteiger charge is -2.25. The molecule has 0 bridgehead atoms. The van der Waals surface area contributed by atoms with Crippen LogP contribution in [0.4, 0.5) is 19.1 Å². The Balaban J connectivity index is 1.77. The van der Waals surface area contributed by atoms with Gasteiger partial charge in [0, 0.05) is 24.1 Å². The van der Waals surface area contributed by atoms with Crippen molar-refractivity contribution in [1.82, 2.24) is 13.9 Å². The average Bonchev–Trinajstić information content (AvgIpc) is 3.00. The van der Waals surface area contributed by atoms with E-state index in [-0.39, 0.29) is 24.1 Å². The first-order valence-electron chi connectivity index (χ1n) is 11.1. The largest absolute Gasteiger partial charge is 0.416 e. The fourth-order valence-electron chi connectivity index (χ4n) is 4.41. The second-order valence-corrected chi connectivity index (χ2v) is 10.4. The normalized spacial score (nSPS) is 17.8. The third-order valence-corrected chi connectivity index (χ3v) is 7.61. The number of amides is 1. The van der Waals surface area contributed by atoms with Gasteiger partial charge in [0.2, 0.25) is 16.0 Å². The van der Waals surface area contributed by atoms with Crippen molar-refractivity contribution in [2.75, 3.05) is 18.4 Å². The van der Waals surface area contributed by atoms with Gasteiger partial charge in [0.05, 0.1) is 22.6 Å². The summed E-state index contributed by atoms with van der Waals surface area (Å²) in [6.07, 6.45) is -2.53. The van der Waals surface area contributed by atoms with Crippen molar-refractivity contribution in [2.45, 2.75) is 38.4 Å². The summed E-state index contributed by atoms with van der Waals surface area (Å²) >= 11 is 0. The Morgan fingerprint density at radius 2 is 1.94 bits per heavy atom. The summed E-state index contributed by atoms with van der Waals surface area (Å²) in [5.41, 5.74) is 1.11. The van der Waals surface area contributed by atoms with E-state index in [1.165, 1.54) is 16.4 Å². The summed E-state index contributed by atoms with van der Waals surface area (Å²) in [5.74, 6) is -0.589. The molecule has 0 aliphatic carbocycles. The second kappa shape index (κ2) is 9.46. The summed E-state index contributed by atoms with van der Waals surface area (Å²) < 4.78 is 67.7. The number of aromatic nitrogens is 2. The molecule has 1 aromatic heterocycles. The van der Waals surface area contributed by atoms with E-state index in [1.807, 2.05) is 19.1 Å². The molecule has 1 atom stereocenters. The Hall–Kier alpha value is -3.18. The van der Waals surface area contributed by atoms with E-state index in [4.69, 9.17) is 0 Å². The molecule has 0 unspecified atom stereocenters. The summed E-state index contributed by atoms with van der Waals surface area (Å²) in [6.45, 7) is 5.80. The van der Waals surface area contributed by atoms with Crippen LogP contribution in [-0.2, 0) is 16.2 Å². The van der Waals surface area contributed by atoms with Crippen LogP contribution in [0, 0.1) is 6.92 Å². The van der Waals surface area contributed by atoms with Crippen molar-refractivity contribution in [3.05, 3.63) is 71.1 Å². The molecule has 1 aliphatic rings. The van der Waals surface area contributed by atoms with Crippen LogP contribution >= 0.6 is 0 Å². The number of nitrogens with one attached hydrogen (secondary N) is 1. The Bertz CT molecular complexity index is 1380. The molecule has 35 heavy (non-hydrogen) atoms. The topological polar surface area (TPSA) is 84.3 Å². The number of alkyl halides is 3. The lowest BCUT2D eigenvalue weighted by molar-refractivity contribution is -0.137. The first-order chi connectivity index (χ1) is 16.5. The quantitative estimate of drug-likeness (QED) is 0.521. The maximum absolute atomic E-state index is 13.1. The van der Waals surface area contributed by atoms with Crippen LogP contribution in [0.25, 0.3) is 11.0 Å². The van der Waals surface area contributed by atoms with Gasteiger partial charge >= 0.3 is 6.18 Å². The number of carbonyl (C=O) groups is 1. The number of sulfonamides is 1. The zero-order valence-electron chi connectivity index (χ0n) is 19.0. The Morgan fingerprint density at radius 3 is 2.66 bits per heavy atom. The monoisotopic (exact) mass is 506 g/mol. The van der Waals surface area contributed by atoms with Crippen LogP contribution in [0.1, 0.15) is 46.8 Å². The zero-order chi connectivity index (χ0) is 25.4. The summed E-state index contributed by atoms with van der Waals surface area (Å²) in [6, 6.07) is 9.28. The molecule has 186 valence electrons. The molecule has 1 N–H and O–H groups in total. The SMILES string of the molecule is C=CS(=O)(=O)N1CCCC[C@@H](n2c(NC(=O)c3cccc(C(F)(F)F)c3)nc3cccc(C)c32)C1. The zero-order valence-corrected chi connectivity index (χ0v) is 19.9. The smallest absolute Gasteiger partial charge is 0.305 e. The highest BCUT2D eigenvalue weighted by Crippen LogP contribution is 2.33. The van der Waals surface area contributed by atoms with Crippen molar-refractivity contribution in [2.24, 2.45) is 0 Å². The highest BCUT2D eigenvalue weighted by atomic mass is 32.2. The standard InChI is InChI=1S/C24H25F3N4O3S/c1-3-35(33,34)30-13-5-4-11-19(15-30)31-21-16(2)8-6-12-20(21)28-23(31)29-22(32)17-9-7-10-18(14-17)24(25,26)27/h3,6-10,12,14,19H,1,4-5,11,13,15H2,2H3,(H,28,29,32)/t19-/m1/s1. The fraction of sp³-hybridized carbons (Fsp3) is 0.333. The molecule has 0 saturated carbocycles. The number of nitrogens with zero attached hydrogens (tertiary/aromatic N) is 3. The molecule has 0 spiro atoms. The summed E-state index contributed by atoms with van der Waals surface area (Å²) in [5, 5.41) is 3.58. The molecule has 3 aromatic rings. The summed E-state index contributed by atoms with van der Waals surface area (Å²) in [7, 11) is -3.66. The number of hydrogen-bond donors (Lipinski definition) is 1. The van der Waals surface area contributed by atoms with Crippen molar-refractivity contribution >= 4 is 32.9 Å². The van der Waals surface area contributed by atoms with Gasteiger partial charge in [0.1, 0.15) is 0 Å². The molecule has 1 saturated heterocycles. The maximum atomic E-state index is 13.1. The molecule has 2 heterocycles. The highest BCUT2D eigenvalue weighted by molar-refractivity contribution is 7.92. The number of carbonyl (C=O) groups excluding carboxylic acids is 1. The molecule has 1 aliphatic heterocycles. The first-order valence-corrected chi connectivity index (χ1v) is 12.6. The second-order valence-electron chi connectivity index (χ2n) is 8.50. The highest BCUT2D eigenvalue weighted by Gasteiger charge is 2.32. The number of anilines is 1. The molecule has 4 rings (SSSR count). The van der Waals surface area contributed by atoms with Crippen LogP contribution in [0.5, 0.6) is 0 Å². The third-order valence-electron chi connectivity index (χ3n) is 6.13. The minimum atomic E-state index is -4.58. The van der Waals surface area contributed by atoms with Crippen molar-refractivity contribution < 1.29 is 26.4 Å². The molecule has 11 heteroatoms. The number of fused-ring (bicyclic) bond motifs is 1. The molecular weight excluding hydrogens is 481 g/mol. The predicted octanol–water partition coefficient (Wildman–Crippen LogP) is 5.12. The van der Waals surface area contributed by atoms with E-state index in [1.54, 1.807) is 10.6 Å². The fourth-order valence-corrected chi connectivity index (χ4v) is 5.38. The van der Waals surface area contributed by atoms with E-state index in [9.17, 15) is 26.4 Å². The Kier molecular flexibility index (Phi) is 6.74. The van der Waals surface area contributed by atoms with Gasteiger partial charge < -0.3 is 4.57 Å². The molecule has 7 nitrogen and oxygen atoms in total. The van der Waals surface area contributed by atoms with Crippen LogP contribution in [0.15, 0.2) is 54.5 Å². The van der Waals surface area contributed by atoms with E-state index in [0.29, 0.717) is 24.9 Å². The van der Waals surface area contributed by atoms with Crippen LogP contribution in [0.3, 0.4) is 0 Å². The van der Waals surface area contributed by atoms with Crippen molar-refractivity contribution in [1.29, 1.82) is 0 Å². The van der Waals surface area contributed by atoms with E-state index in [2.05, 4.69) is 16.9 Å². The lowest BCUT2D eigenvalue weighted by Crippen LogP contribution is -2.34. The number of para-hydroxylation sites is 1. The van der Waals surface area contributed by atoms with Crippen LogP contribution in [0.2, 0.25) is 0 Å². The summed E-state index contributed by atoms with van der Waals surface area (Å²) in [4.78, 5) is 17.5. The minimum Gasteiger partial charge on any atom is -0.305 e. The van der Waals surface area contributed by atoms with E-state index in [0.717, 1.165) is 35.0 Å². The van der Waals surface area contributed by atoms with Gasteiger partial charge in [-0.2, -0.15) is 17.5 Å². The number of halogens is 3. The van der Waals surface area contributed by atoms with Gasteiger partial charge in [-0.15, -0.1) is 0 Å². The van der Waals surface area contributed by atoms with Crippen LogP contribution in [-0.4, -0.2) is 41.3 Å². The van der Waals surface area contributed by atoms with Crippen LogP contribution < -0.4 is 5.32 Å². The maximum Gasteiger partial charge on any atom is 0.416 e. The van der Waals surface area contributed by atoms with Crippen molar-refractivity contribution in [3.63, 3.8) is 0 Å².